The summed E-state index contributed by atoms with van der Waals surface area (Å²) in [6, 6.07) is 4.96. The van der Waals surface area contributed by atoms with Crippen LogP contribution in [0.1, 0.15) is 11.4 Å². The molecule has 1 aromatic carbocycles. The minimum absolute atomic E-state index is 0.460. The highest BCUT2D eigenvalue weighted by molar-refractivity contribution is 7.98. The second kappa shape index (κ2) is 4.74. The predicted octanol–water partition coefficient (Wildman–Crippen LogP) is 2.51. The Morgan fingerprint density at radius 1 is 1.18 bits per heavy atom. The molecule has 0 radical (unpaired) electrons. The van der Waals surface area contributed by atoms with Crippen molar-refractivity contribution < 1.29 is 13.2 Å². The van der Waals surface area contributed by atoms with E-state index in [0.29, 0.717) is 11.6 Å². The summed E-state index contributed by atoms with van der Waals surface area (Å²) < 4.78 is 36.9. The molecule has 0 bridgehead atoms. The average molecular weight is 260 g/mol. The maximum absolute atomic E-state index is 12.3. The molecule has 0 aliphatic heterocycles. The lowest BCUT2D eigenvalue weighted by Gasteiger charge is -2.06. The number of benzene rings is 1. The Morgan fingerprint density at radius 3 is 2.41 bits per heavy atom. The number of thioether (sulfide) groups is 1. The molecule has 0 aliphatic rings. The van der Waals surface area contributed by atoms with Crippen molar-refractivity contribution in [3.63, 3.8) is 0 Å². The molecule has 0 saturated carbocycles. The minimum atomic E-state index is -4.29. The lowest BCUT2D eigenvalue weighted by atomic mass is 10.2. The first kappa shape index (κ1) is 11.9. The third-order valence-corrected chi connectivity index (χ3v) is 2.95. The number of tetrazole rings is 1. The number of alkyl halides is 3. The molecule has 0 fully saturated rings. The van der Waals surface area contributed by atoms with E-state index in [4.69, 9.17) is 0 Å². The topological polar surface area (TPSA) is 54.5 Å². The van der Waals surface area contributed by atoms with Crippen LogP contribution < -0.4 is 0 Å². The van der Waals surface area contributed by atoms with Crippen LogP contribution in [0.4, 0.5) is 13.2 Å². The summed E-state index contributed by atoms with van der Waals surface area (Å²) >= 11 is 1.35. The van der Waals surface area contributed by atoms with E-state index in [1.807, 2.05) is 0 Å². The van der Waals surface area contributed by atoms with Crippen molar-refractivity contribution in [2.24, 2.45) is 0 Å². The first-order valence-corrected chi connectivity index (χ1v) is 5.56. The summed E-state index contributed by atoms with van der Waals surface area (Å²) in [5.74, 6) is 0.969. The maximum Gasteiger partial charge on any atom is 0.416 e. The average Bonchev–Trinajstić information content (AvgIpc) is 2.78. The summed E-state index contributed by atoms with van der Waals surface area (Å²) in [6.07, 6.45) is -4.29. The molecule has 2 rings (SSSR count). The van der Waals surface area contributed by atoms with Gasteiger partial charge in [-0.1, -0.05) is 5.21 Å². The van der Waals surface area contributed by atoms with Gasteiger partial charge in [-0.2, -0.15) is 18.4 Å². The first-order chi connectivity index (χ1) is 8.05. The van der Waals surface area contributed by atoms with Gasteiger partial charge in [0, 0.05) is 4.90 Å². The number of aromatic amines is 1. The monoisotopic (exact) mass is 260 g/mol. The minimum Gasteiger partial charge on any atom is -0.177 e. The van der Waals surface area contributed by atoms with Gasteiger partial charge < -0.3 is 0 Å². The Labute approximate surface area is 98.6 Å². The molecule has 0 atom stereocenters. The van der Waals surface area contributed by atoms with Crippen molar-refractivity contribution in [2.75, 3.05) is 0 Å². The van der Waals surface area contributed by atoms with Crippen LogP contribution in [0.15, 0.2) is 29.2 Å². The highest BCUT2D eigenvalue weighted by atomic mass is 32.2. The second-order valence-corrected chi connectivity index (χ2v) is 4.19. The summed E-state index contributed by atoms with van der Waals surface area (Å²) in [5, 5.41) is 13.2. The van der Waals surface area contributed by atoms with Crippen LogP contribution in [0.25, 0.3) is 0 Å². The Bertz CT molecular complexity index is 466. The maximum atomic E-state index is 12.3. The van der Waals surface area contributed by atoms with Crippen molar-refractivity contribution >= 4 is 11.8 Å². The Hall–Kier alpha value is -1.57. The normalized spacial score (nSPS) is 11.7. The van der Waals surface area contributed by atoms with Gasteiger partial charge in [-0.15, -0.1) is 22.0 Å². The zero-order valence-corrected chi connectivity index (χ0v) is 9.22. The molecule has 17 heavy (non-hydrogen) atoms. The number of hydrogen-bond acceptors (Lipinski definition) is 4. The fourth-order valence-corrected chi connectivity index (χ4v) is 1.88. The zero-order valence-electron chi connectivity index (χ0n) is 8.40. The second-order valence-electron chi connectivity index (χ2n) is 3.14. The van der Waals surface area contributed by atoms with E-state index in [0.717, 1.165) is 17.0 Å². The summed E-state index contributed by atoms with van der Waals surface area (Å²) in [7, 11) is 0. The number of hydrogen-bond donors (Lipinski definition) is 1. The molecule has 0 aliphatic carbocycles. The number of nitrogens with zero attached hydrogens (tertiary/aromatic N) is 3. The van der Waals surface area contributed by atoms with Gasteiger partial charge in [0.1, 0.15) is 0 Å². The van der Waals surface area contributed by atoms with Crippen LogP contribution in [0, 0.1) is 0 Å². The van der Waals surface area contributed by atoms with Gasteiger partial charge in [-0.25, -0.2) is 0 Å². The standard InChI is InChI=1S/C9H7F3N4S/c10-9(11,12)6-1-3-7(4-2-6)17-5-8-13-15-16-14-8/h1-4H,5H2,(H,13,14,15,16). The smallest absolute Gasteiger partial charge is 0.177 e. The van der Waals surface area contributed by atoms with Crippen molar-refractivity contribution in [3.05, 3.63) is 35.7 Å². The van der Waals surface area contributed by atoms with Crippen LogP contribution in [0.3, 0.4) is 0 Å². The highest BCUT2D eigenvalue weighted by Gasteiger charge is 2.29. The van der Waals surface area contributed by atoms with Gasteiger partial charge >= 0.3 is 6.18 Å². The van der Waals surface area contributed by atoms with Crippen molar-refractivity contribution in [3.8, 4) is 0 Å². The van der Waals surface area contributed by atoms with E-state index >= 15 is 0 Å². The van der Waals surface area contributed by atoms with Gasteiger partial charge in [-0.3, -0.25) is 0 Å². The third-order valence-electron chi connectivity index (χ3n) is 1.94. The number of rotatable bonds is 3. The fourth-order valence-electron chi connectivity index (χ4n) is 1.13. The van der Waals surface area contributed by atoms with Crippen LogP contribution >= 0.6 is 11.8 Å². The number of aromatic nitrogens is 4. The fraction of sp³-hybridized carbons (Fsp3) is 0.222. The summed E-state index contributed by atoms with van der Waals surface area (Å²) in [6.45, 7) is 0. The van der Waals surface area contributed by atoms with Crippen LogP contribution in [0.5, 0.6) is 0 Å². The van der Waals surface area contributed by atoms with E-state index in [9.17, 15) is 13.2 Å². The molecule has 0 amide bonds. The lowest BCUT2D eigenvalue weighted by Crippen LogP contribution is -2.03. The van der Waals surface area contributed by atoms with Gasteiger partial charge in [0.25, 0.3) is 0 Å². The molecule has 0 spiro atoms. The van der Waals surface area contributed by atoms with Crippen molar-refractivity contribution in [2.45, 2.75) is 16.8 Å². The van der Waals surface area contributed by atoms with Crippen LogP contribution in [-0.4, -0.2) is 20.6 Å². The Balaban J connectivity index is 1.99. The van der Waals surface area contributed by atoms with Crippen LogP contribution in [-0.2, 0) is 11.9 Å². The van der Waals surface area contributed by atoms with E-state index < -0.39 is 11.7 Å². The molecule has 4 nitrogen and oxygen atoms in total. The van der Waals surface area contributed by atoms with Gasteiger partial charge in [0.05, 0.1) is 11.3 Å². The molecule has 0 unspecified atom stereocenters. The van der Waals surface area contributed by atoms with Crippen LogP contribution in [0.2, 0.25) is 0 Å². The predicted molar refractivity (Wildman–Crippen MR) is 55.2 cm³/mol. The number of halogens is 3. The molecule has 0 saturated heterocycles. The molecule has 1 heterocycles. The molecule has 1 aromatic heterocycles. The van der Waals surface area contributed by atoms with E-state index in [-0.39, 0.29) is 0 Å². The summed E-state index contributed by atoms with van der Waals surface area (Å²) in [4.78, 5) is 0.725. The largest absolute Gasteiger partial charge is 0.416 e. The SMILES string of the molecule is FC(F)(F)c1ccc(SCc2nn[nH]n2)cc1. The molecular formula is C9H7F3N4S. The lowest BCUT2D eigenvalue weighted by molar-refractivity contribution is -0.137. The molecule has 2 aromatic rings. The van der Waals surface area contributed by atoms with Gasteiger partial charge in [0.2, 0.25) is 0 Å². The molecule has 8 heteroatoms. The quantitative estimate of drug-likeness (QED) is 0.861. The Morgan fingerprint density at radius 2 is 1.88 bits per heavy atom. The zero-order chi connectivity index (χ0) is 12.3. The van der Waals surface area contributed by atoms with Crippen molar-refractivity contribution in [1.82, 2.24) is 20.6 Å². The molecule has 90 valence electrons. The van der Waals surface area contributed by atoms with Gasteiger partial charge in [-0.05, 0) is 24.3 Å². The van der Waals surface area contributed by atoms with Crippen molar-refractivity contribution in [1.29, 1.82) is 0 Å². The molecular weight excluding hydrogens is 253 g/mol. The third kappa shape index (κ3) is 3.19. The number of H-pyrrole nitrogens is 1. The van der Waals surface area contributed by atoms with E-state index in [1.54, 1.807) is 0 Å². The molecule has 1 N–H and O–H groups in total. The Kier molecular flexibility index (Phi) is 3.32. The van der Waals surface area contributed by atoms with E-state index in [2.05, 4.69) is 20.6 Å². The highest BCUT2D eigenvalue weighted by Crippen LogP contribution is 2.31. The first-order valence-electron chi connectivity index (χ1n) is 4.58. The van der Waals surface area contributed by atoms with Gasteiger partial charge in [0.15, 0.2) is 5.82 Å². The van der Waals surface area contributed by atoms with E-state index in [1.165, 1.54) is 23.9 Å². The number of nitrogens with one attached hydrogen (secondary N) is 1. The summed E-state index contributed by atoms with van der Waals surface area (Å²) in [5.41, 5.74) is -0.651.